The molecule has 7 heteroatoms. The van der Waals surface area contributed by atoms with Crippen molar-refractivity contribution in [2.75, 3.05) is 27.3 Å². The van der Waals surface area contributed by atoms with Crippen LogP contribution in [0, 0.1) is 0 Å². The number of carbonyl (C=O) groups excluding carboxylic acids is 2. The number of esters is 2. The minimum atomic E-state index is -0.620. The molecule has 0 spiro atoms. The fourth-order valence-corrected chi connectivity index (χ4v) is 2.46. The second-order valence-corrected chi connectivity index (χ2v) is 4.74. The third-order valence-corrected chi connectivity index (χ3v) is 3.50. The van der Waals surface area contributed by atoms with E-state index in [4.69, 9.17) is 12.2 Å². The van der Waals surface area contributed by atoms with Crippen LogP contribution in [0.3, 0.4) is 0 Å². The van der Waals surface area contributed by atoms with E-state index in [0.717, 1.165) is 30.9 Å². The Morgan fingerprint density at radius 3 is 2.17 bits per heavy atom. The zero-order valence-corrected chi connectivity index (χ0v) is 12.5. The molecule has 0 aromatic heterocycles. The van der Waals surface area contributed by atoms with E-state index >= 15 is 0 Å². The van der Waals surface area contributed by atoms with Crippen LogP contribution in [0.1, 0.15) is 13.8 Å². The van der Waals surface area contributed by atoms with E-state index in [1.807, 2.05) is 18.7 Å². The molecular formula is C11H17NO4S2. The van der Waals surface area contributed by atoms with Crippen LogP contribution < -0.4 is 0 Å². The van der Waals surface area contributed by atoms with Crippen LogP contribution in [0.4, 0.5) is 0 Å². The Bertz CT molecular complexity index is 351. The predicted molar refractivity (Wildman–Crippen MR) is 75.2 cm³/mol. The van der Waals surface area contributed by atoms with Crippen molar-refractivity contribution in [1.82, 2.24) is 4.90 Å². The van der Waals surface area contributed by atoms with E-state index in [-0.39, 0.29) is 4.91 Å². The van der Waals surface area contributed by atoms with Crippen LogP contribution in [0.25, 0.3) is 0 Å². The van der Waals surface area contributed by atoms with Crippen molar-refractivity contribution in [2.45, 2.75) is 13.8 Å². The highest BCUT2D eigenvalue weighted by Gasteiger charge is 2.17. The standard InChI is InChI=1S/C11H17NO4S2/c1-5-12(6-2)11(17)18-8(10(14)16-4)7-9(13)15-3/h7H,5-6H2,1-4H3/b8-7-. The van der Waals surface area contributed by atoms with Crippen molar-refractivity contribution in [3.63, 3.8) is 0 Å². The first-order valence-electron chi connectivity index (χ1n) is 5.34. The molecule has 0 saturated heterocycles. The van der Waals surface area contributed by atoms with Gasteiger partial charge in [0.1, 0.15) is 9.23 Å². The molecule has 102 valence electrons. The molecule has 0 N–H and O–H groups in total. The highest BCUT2D eigenvalue weighted by Crippen LogP contribution is 2.21. The largest absolute Gasteiger partial charge is 0.466 e. The number of thiocarbonyl (C=S) groups is 1. The van der Waals surface area contributed by atoms with Gasteiger partial charge in [0.05, 0.1) is 14.2 Å². The second kappa shape index (κ2) is 8.93. The van der Waals surface area contributed by atoms with E-state index in [1.165, 1.54) is 14.2 Å². The van der Waals surface area contributed by atoms with Gasteiger partial charge in [-0.2, -0.15) is 0 Å². The van der Waals surface area contributed by atoms with Gasteiger partial charge in [0, 0.05) is 19.2 Å². The number of hydrogen-bond donors (Lipinski definition) is 0. The van der Waals surface area contributed by atoms with Gasteiger partial charge in [0.15, 0.2) is 0 Å². The number of methoxy groups -OCH3 is 2. The molecule has 0 saturated carbocycles. The molecule has 0 fully saturated rings. The summed E-state index contributed by atoms with van der Waals surface area (Å²) in [5, 5.41) is 0. The number of rotatable bonds is 5. The van der Waals surface area contributed by atoms with Crippen molar-refractivity contribution in [2.24, 2.45) is 0 Å². The lowest BCUT2D eigenvalue weighted by atomic mass is 10.5. The van der Waals surface area contributed by atoms with Crippen LogP contribution in [0.2, 0.25) is 0 Å². The van der Waals surface area contributed by atoms with Crippen LogP contribution in [0.15, 0.2) is 11.0 Å². The summed E-state index contributed by atoms with van der Waals surface area (Å²) in [7, 11) is 2.48. The highest BCUT2D eigenvalue weighted by atomic mass is 32.2. The first kappa shape index (κ1) is 16.9. The summed E-state index contributed by atoms with van der Waals surface area (Å²) in [4.78, 5) is 24.7. The van der Waals surface area contributed by atoms with Gasteiger partial charge in [-0.1, -0.05) is 24.0 Å². The number of hydrogen-bond acceptors (Lipinski definition) is 6. The summed E-state index contributed by atoms with van der Waals surface area (Å²) in [6.45, 7) is 5.38. The van der Waals surface area contributed by atoms with Crippen LogP contribution >= 0.6 is 24.0 Å². The second-order valence-electron chi connectivity index (χ2n) is 3.06. The molecule has 0 bridgehead atoms. The molecule has 18 heavy (non-hydrogen) atoms. The SMILES string of the molecule is CCN(CC)C(=S)S/C(=C\C(=O)OC)C(=O)OC. The van der Waals surface area contributed by atoms with E-state index in [1.54, 1.807) is 0 Å². The van der Waals surface area contributed by atoms with Crippen molar-refractivity contribution >= 4 is 40.2 Å². The smallest absolute Gasteiger partial charge is 0.345 e. The summed E-state index contributed by atoms with van der Waals surface area (Å²) in [5.74, 6) is -1.23. The van der Waals surface area contributed by atoms with Crippen molar-refractivity contribution in [1.29, 1.82) is 0 Å². The molecular weight excluding hydrogens is 274 g/mol. The molecule has 0 aliphatic carbocycles. The summed E-state index contributed by atoms with van der Waals surface area (Å²) >= 11 is 6.22. The van der Waals surface area contributed by atoms with Crippen molar-refractivity contribution < 1.29 is 19.1 Å². The topological polar surface area (TPSA) is 55.8 Å². The maximum atomic E-state index is 11.5. The summed E-state index contributed by atoms with van der Waals surface area (Å²) in [5.41, 5.74) is 0. The van der Waals surface area contributed by atoms with Gasteiger partial charge in [-0.25, -0.2) is 9.59 Å². The Balaban J connectivity index is 4.91. The van der Waals surface area contributed by atoms with Gasteiger partial charge in [-0.15, -0.1) is 0 Å². The van der Waals surface area contributed by atoms with Crippen LogP contribution in [-0.4, -0.2) is 48.5 Å². The predicted octanol–water partition coefficient (Wildman–Crippen LogP) is 1.58. The van der Waals surface area contributed by atoms with Crippen LogP contribution in [-0.2, 0) is 19.1 Å². The lowest BCUT2D eigenvalue weighted by molar-refractivity contribution is -0.137. The lowest BCUT2D eigenvalue weighted by Crippen LogP contribution is -2.27. The summed E-state index contributed by atoms with van der Waals surface area (Å²) in [6, 6.07) is 0. The maximum Gasteiger partial charge on any atom is 0.345 e. The van der Waals surface area contributed by atoms with Gasteiger partial charge >= 0.3 is 11.9 Å². The Labute approximate surface area is 116 Å². The molecule has 0 aromatic carbocycles. The molecule has 0 unspecified atom stereocenters. The molecule has 0 heterocycles. The third kappa shape index (κ3) is 5.50. The zero-order valence-electron chi connectivity index (χ0n) is 10.9. The fraction of sp³-hybridized carbons (Fsp3) is 0.545. The van der Waals surface area contributed by atoms with Gasteiger partial charge in [0.2, 0.25) is 0 Å². The zero-order chi connectivity index (χ0) is 14.1. The Morgan fingerprint density at radius 1 is 1.22 bits per heavy atom. The van der Waals surface area contributed by atoms with Crippen LogP contribution in [0.5, 0.6) is 0 Å². The maximum absolute atomic E-state index is 11.5. The molecule has 0 radical (unpaired) electrons. The third-order valence-electron chi connectivity index (χ3n) is 2.06. The quantitative estimate of drug-likeness (QED) is 0.433. The van der Waals surface area contributed by atoms with Crippen molar-refractivity contribution in [3.8, 4) is 0 Å². The normalized spacial score (nSPS) is 10.8. The van der Waals surface area contributed by atoms with Gasteiger partial charge in [-0.3, -0.25) is 0 Å². The molecule has 0 atom stereocenters. The monoisotopic (exact) mass is 291 g/mol. The van der Waals surface area contributed by atoms with Gasteiger partial charge in [-0.05, 0) is 13.8 Å². The number of nitrogens with zero attached hydrogens (tertiary/aromatic N) is 1. The van der Waals surface area contributed by atoms with E-state index < -0.39 is 11.9 Å². The van der Waals surface area contributed by atoms with E-state index in [0.29, 0.717) is 4.32 Å². The first-order valence-corrected chi connectivity index (χ1v) is 6.57. The number of ether oxygens (including phenoxy) is 2. The Hall–Kier alpha value is -1.08. The fourth-order valence-electron chi connectivity index (χ4n) is 1.04. The number of thioether (sulfide) groups is 1. The van der Waals surface area contributed by atoms with Gasteiger partial charge < -0.3 is 14.4 Å². The molecule has 0 aliphatic rings. The lowest BCUT2D eigenvalue weighted by Gasteiger charge is -2.20. The Kier molecular flexibility index (Phi) is 8.40. The molecule has 0 aliphatic heterocycles. The molecule has 5 nitrogen and oxygen atoms in total. The summed E-state index contributed by atoms with van der Waals surface area (Å²) < 4.78 is 9.58. The number of carbonyl (C=O) groups is 2. The van der Waals surface area contributed by atoms with E-state index in [9.17, 15) is 9.59 Å². The molecule has 0 amide bonds. The van der Waals surface area contributed by atoms with Crippen molar-refractivity contribution in [3.05, 3.63) is 11.0 Å². The molecule has 0 aromatic rings. The van der Waals surface area contributed by atoms with E-state index in [2.05, 4.69) is 9.47 Å². The molecule has 0 rings (SSSR count). The summed E-state index contributed by atoms with van der Waals surface area (Å²) in [6.07, 6.45) is 1.08. The van der Waals surface area contributed by atoms with Gasteiger partial charge in [0.25, 0.3) is 0 Å². The average Bonchev–Trinajstić information content (AvgIpc) is 2.38. The minimum Gasteiger partial charge on any atom is -0.466 e. The first-order chi connectivity index (χ1) is 8.49. The minimum absolute atomic E-state index is 0.112. The highest BCUT2D eigenvalue weighted by molar-refractivity contribution is 8.26. The average molecular weight is 291 g/mol. The Morgan fingerprint density at radius 2 is 1.78 bits per heavy atom.